The molecule has 1 aromatic rings. The minimum Gasteiger partial charge on any atom is -0.506 e. The van der Waals surface area contributed by atoms with Crippen LogP contribution in [0.2, 0.25) is 0 Å². The van der Waals surface area contributed by atoms with Crippen LogP contribution in [0.1, 0.15) is 29.7 Å². The summed E-state index contributed by atoms with van der Waals surface area (Å²) < 4.78 is 38.5. The Labute approximate surface area is 188 Å². The van der Waals surface area contributed by atoms with Crippen LogP contribution in [0.4, 0.5) is 0 Å². The first-order valence-electron chi connectivity index (χ1n) is 9.67. The number of terminal acetylenes is 2. The Morgan fingerprint density at radius 2 is 1.47 bits per heavy atom. The number of carbonyl (C=O) groups is 2. The fourth-order valence-corrected chi connectivity index (χ4v) is 2.66. The number of aryl methyl sites for hydroxylation is 1. The largest absolute Gasteiger partial charge is 0.506 e. The number of hydrogen-bond donors (Lipinski definition) is 1. The number of esters is 2. The molecule has 0 bridgehead atoms. The van der Waals surface area contributed by atoms with E-state index < -0.39 is 23.5 Å². The van der Waals surface area contributed by atoms with E-state index in [-0.39, 0.29) is 37.4 Å². The van der Waals surface area contributed by atoms with Gasteiger partial charge in [-0.05, 0) is 6.92 Å². The third-order valence-electron chi connectivity index (χ3n) is 4.72. The Morgan fingerprint density at radius 3 is 1.88 bits per heavy atom. The number of rotatable bonds is 13. The van der Waals surface area contributed by atoms with Crippen molar-refractivity contribution in [2.75, 3.05) is 28.4 Å². The predicted molar refractivity (Wildman–Crippen MR) is 111 cm³/mol. The number of aromatic nitrogens is 1. The van der Waals surface area contributed by atoms with Crippen LogP contribution in [0, 0.1) is 31.6 Å². The monoisotopic (exact) mass is 450 g/mol. The molecule has 1 rings (SSSR count). The van der Waals surface area contributed by atoms with Crippen LogP contribution >= 0.6 is 0 Å². The van der Waals surface area contributed by atoms with Crippen LogP contribution in [0.25, 0.3) is 0 Å². The highest BCUT2D eigenvalue weighted by Crippen LogP contribution is 2.28. The Hall–Kier alpha value is -3.15. The summed E-state index contributed by atoms with van der Waals surface area (Å²) in [5.74, 6) is -0.780. The van der Waals surface area contributed by atoms with Gasteiger partial charge in [-0.2, -0.15) is 0 Å². The Morgan fingerprint density at radius 1 is 1.00 bits per heavy atom. The van der Waals surface area contributed by atoms with E-state index in [4.69, 9.17) is 42.7 Å². The number of methoxy groups -OCH3 is 4. The fourth-order valence-electron chi connectivity index (χ4n) is 2.66. The molecule has 0 unspecified atom stereocenters. The van der Waals surface area contributed by atoms with E-state index in [1.807, 2.05) is 0 Å². The first kappa shape index (κ1) is 25.1. The molecule has 0 aliphatic heterocycles. The van der Waals surface area contributed by atoms with Gasteiger partial charge < -0.3 is 33.5 Å². The molecule has 0 atom stereocenters. The third kappa shape index (κ3) is 5.75. The highest BCUT2D eigenvalue weighted by molar-refractivity contribution is 5.79. The number of aromatic hydroxyl groups is 1. The van der Waals surface area contributed by atoms with E-state index in [1.54, 1.807) is 6.92 Å². The van der Waals surface area contributed by atoms with E-state index in [9.17, 15) is 9.59 Å². The van der Waals surface area contributed by atoms with Crippen LogP contribution in [0.5, 0.6) is 5.75 Å². The molecular formula is C22H27NO9. The van der Waals surface area contributed by atoms with Crippen molar-refractivity contribution >= 4 is 11.9 Å². The zero-order valence-corrected chi connectivity index (χ0v) is 18.7. The maximum Gasteiger partial charge on any atom is 0.368 e. The number of ether oxygens (including phenoxy) is 6. The van der Waals surface area contributed by atoms with Crippen molar-refractivity contribution in [2.45, 2.75) is 44.6 Å². The van der Waals surface area contributed by atoms with Crippen LogP contribution in [-0.2, 0) is 51.2 Å². The van der Waals surface area contributed by atoms with Crippen LogP contribution < -0.4 is 0 Å². The zero-order valence-electron chi connectivity index (χ0n) is 19.7. The second-order valence-electron chi connectivity index (χ2n) is 6.41. The number of hydrogen-bond acceptors (Lipinski definition) is 10. The van der Waals surface area contributed by atoms with Crippen molar-refractivity contribution in [1.29, 1.82) is 1.43 Å². The van der Waals surface area contributed by atoms with Gasteiger partial charge in [-0.3, -0.25) is 4.98 Å². The summed E-state index contributed by atoms with van der Waals surface area (Å²) in [7, 11) is 4.99. The number of nitrogens with zero attached hydrogens (tertiary/aromatic N) is 1. The van der Waals surface area contributed by atoms with E-state index >= 15 is 0 Å². The second kappa shape index (κ2) is 12.0. The molecule has 32 heavy (non-hydrogen) atoms. The van der Waals surface area contributed by atoms with Gasteiger partial charge in [0.2, 0.25) is 0 Å². The molecule has 0 spiro atoms. The lowest BCUT2D eigenvalue weighted by atomic mass is 10.1. The molecule has 10 heteroatoms. The molecule has 1 heterocycles. The molecule has 1 N–H and O–H groups in total. The summed E-state index contributed by atoms with van der Waals surface area (Å²) in [5, 5.41) is 4.67. The highest BCUT2D eigenvalue weighted by atomic mass is 16.7. The molecule has 174 valence electrons. The summed E-state index contributed by atoms with van der Waals surface area (Å²) in [6.45, 7) is 0.872. The molecule has 10 nitrogen and oxygen atoms in total. The molecule has 0 fully saturated rings. The fraction of sp³-hybridized carbons (Fsp3) is 0.500. The SMILES string of the molecule is [2H]Oc1c(C)ncc(COC(=O)C(CC#C)(OC)OC)c1COC(=O)C(CC#C)(OC)OC. The van der Waals surface area contributed by atoms with Gasteiger partial charge in [0.25, 0.3) is 13.0 Å². The molecule has 0 aliphatic carbocycles. The summed E-state index contributed by atoms with van der Waals surface area (Å²) in [6.07, 6.45) is 11.6. The summed E-state index contributed by atoms with van der Waals surface area (Å²) in [6, 6.07) is 0. The average Bonchev–Trinajstić information content (AvgIpc) is 2.83. The number of carbonyl (C=O) groups excluding carboxylic acids is 2. The molecule has 0 aromatic carbocycles. The minimum atomic E-state index is -1.81. The normalized spacial score (nSPS) is 11.7. The van der Waals surface area contributed by atoms with E-state index in [2.05, 4.69) is 21.9 Å². The Kier molecular flexibility index (Phi) is 9.44. The lowest BCUT2D eigenvalue weighted by Crippen LogP contribution is -2.44. The second-order valence-corrected chi connectivity index (χ2v) is 6.41. The smallest absolute Gasteiger partial charge is 0.368 e. The lowest BCUT2D eigenvalue weighted by molar-refractivity contribution is -0.229. The Bertz CT molecular complexity index is 912. The van der Waals surface area contributed by atoms with Gasteiger partial charge in [0.05, 0.1) is 18.5 Å². The van der Waals surface area contributed by atoms with Gasteiger partial charge in [0.15, 0.2) is 0 Å². The van der Waals surface area contributed by atoms with E-state index in [0.29, 0.717) is 11.3 Å². The maximum absolute atomic E-state index is 12.6. The lowest BCUT2D eigenvalue weighted by Gasteiger charge is -2.27. The van der Waals surface area contributed by atoms with E-state index in [1.165, 1.54) is 34.6 Å². The topological polar surface area (TPSA) is 123 Å². The summed E-state index contributed by atoms with van der Waals surface area (Å²) in [4.78, 5) is 29.3. The van der Waals surface area contributed by atoms with Crippen molar-refractivity contribution in [3.05, 3.63) is 23.0 Å². The van der Waals surface area contributed by atoms with Crippen LogP contribution in [-0.4, -0.2) is 63.5 Å². The minimum absolute atomic E-state index is 0.0158. The van der Waals surface area contributed by atoms with Gasteiger partial charge in [0, 0.05) is 45.8 Å². The van der Waals surface area contributed by atoms with Gasteiger partial charge in [-0.25, -0.2) is 9.59 Å². The maximum atomic E-state index is 12.6. The number of pyridine rings is 1. The Balaban J connectivity index is 3.19. The molecule has 0 radical (unpaired) electrons. The average molecular weight is 450 g/mol. The molecular weight excluding hydrogens is 422 g/mol. The highest BCUT2D eigenvalue weighted by Gasteiger charge is 2.41. The summed E-state index contributed by atoms with van der Waals surface area (Å²) in [5.41, 5.74) is 0.871. The van der Waals surface area contributed by atoms with E-state index in [0.717, 1.165) is 0 Å². The quantitative estimate of drug-likeness (QED) is 0.266. The van der Waals surface area contributed by atoms with Crippen LogP contribution in [0.3, 0.4) is 0 Å². The predicted octanol–water partition coefficient (Wildman–Crippen LogP) is 1.21. The van der Waals surface area contributed by atoms with Crippen LogP contribution in [0.15, 0.2) is 6.20 Å². The first-order chi connectivity index (χ1) is 15.7. The third-order valence-corrected chi connectivity index (χ3v) is 4.72. The zero-order chi connectivity index (χ0) is 25.1. The molecule has 0 saturated carbocycles. The first-order valence-corrected chi connectivity index (χ1v) is 9.27. The molecule has 0 amide bonds. The van der Waals surface area contributed by atoms with Crippen molar-refractivity contribution in [1.82, 2.24) is 4.98 Å². The van der Waals surface area contributed by atoms with Gasteiger partial charge >= 0.3 is 11.9 Å². The standard InChI is InChI=1S/C22H27NO9/c1-8-10-21(27-4,28-5)19(25)31-13-16-12-23-15(3)18(24)17(16)14-32-20(26)22(29-6,30-7)11-9-2/h1-2,12,24H,10-11,13-14H2,3-7H3/i/hD. The molecule has 0 saturated heterocycles. The van der Waals surface area contributed by atoms with Crippen molar-refractivity contribution in [3.63, 3.8) is 0 Å². The molecule has 0 aliphatic rings. The summed E-state index contributed by atoms with van der Waals surface area (Å²) >= 11 is 0. The van der Waals surface area contributed by atoms with Crippen molar-refractivity contribution < 1.29 is 43.1 Å². The van der Waals surface area contributed by atoms with Crippen molar-refractivity contribution in [2.24, 2.45) is 0 Å². The van der Waals surface area contributed by atoms with Gasteiger partial charge in [-0.1, -0.05) is 0 Å². The van der Waals surface area contributed by atoms with Crippen molar-refractivity contribution in [3.8, 4) is 30.4 Å². The molecule has 1 aromatic heterocycles. The van der Waals surface area contributed by atoms with Gasteiger partial charge in [-0.15, -0.1) is 24.7 Å². The van der Waals surface area contributed by atoms with Gasteiger partial charge in [0.1, 0.15) is 19.0 Å².